The van der Waals surface area contributed by atoms with Gasteiger partial charge in [0.15, 0.2) is 11.5 Å². The van der Waals surface area contributed by atoms with E-state index >= 15 is 0 Å². The summed E-state index contributed by atoms with van der Waals surface area (Å²) in [6.45, 7) is 1.96. The number of ether oxygens (including phenoxy) is 4. The number of halogens is 1. The van der Waals surface area contributed by atoms with Gasteiger partial charge >= 0.3 is 0 Å². The maximum Gasteiger partial charge on any atom is 0.203 e. The molecule has 4 aromatic rings. The molecule has 1 fully saturated rings. The lowest BCUT2D eigenvalue weighted by Gasteiger charge is -2.25. The number of hydrogen-bond donors (Lipinski definition) is 2. The van der Waals surface area contributed by atoms with Crippen LogP contribution in [0.4, 0.5) is 11.5 Å². The molecule has 0 spiro atoms. The van der Waals surface area contributed by atoms with Crippen LogP contribution >= 0.6 is 12.4 Å². The minimum Gasteiger partial charge on any atom is -0.493 e. The van der Waals surface area contributed by atoms with Gasteiger partial charge in [-0.25, -0.2) is 4.98 Å². The Bertz CT molecular complexity index is 1320. The Morgan fingerprint density at radius 2 is 1.54 bits per heavy atom. The van der Waals surface area contributed by atoms with E-state index in [-0.39, 0.29) is 18.5 Å². The second kappa shape index (κ2) is 12.0. The summed E-state index contributed by atoms with van der Waals surface area (Å²) in [4.78, 5) is 4.66. The van der Waals surface area contributed by atoms with Crippen LogP contribution in [0.2, 0.25) is 0 Å². The highest BCUT2D eigenvalue weighted by atomic mass is 35.5. The van der Waals surface area contributed by atoms with E-state index in [1.165, 1.54) is 0 Å². The largest absolute Gasteiger partial charge is 0.493 e. The molecule has 5 rings (SSSR count). The SMILES string of the molecule is COc1cc(Nc2cc3c(-c4ccccc4)c(OC4CCNCC4)ccc3cn2)cc(OC)c1OC.Cl. The molecule has 1 saturated heterocycles. The van der Waals surface area contributed by atoms with Crippen molar-refractivity contribution in [1.82, 2.24) is 10.3 Å². The third-order valence-electron chi connectivity index (χ3n) is 6.44. The highest BCUT2D eigenvalue weighted by Crippen LogP contribution is 2.42. The smallest absolute Gasteiger partial charge is 0.203 e. The Hall–Kier alpha value is -3.68. The van der Waals surface area contributed by atoms with Gasteiger partial charge in [0, 0.05) is 35.0 Å². The van der Waals surface area contributed by atoms with Gasteiger partial charge in [0.1, 0.15) is 17.7 Å². The number of methoxy groups -OCH3 is 3. The monoisotopic (exact) mass is 521 g/mol. The normalized spacial score (nSPS) is 13.5. The summed E-state index contributed by atoms with van der Waals surface area (Å²) < 4.78 is 23.0. The van der Waals surface area contributed by atoms with Gasteiger partial charge < -0.3 is 29.6 Å². The molecule has 8 heteroatoms. The molecule has 1 aromatic heterocycles. The zero-order valence-corrected chi connectivity index (χ0v) is 22.1. The predicted molar refractivity (Wildman–Crippen MR) is 150 cm³/mol. The first kappa shape index (κ1) is 26.4. The highest BCUT2D eigenvalue weighted by molar-refractivity contribution is 6.00. The fraction of sp³-hybridized carbons (Fsp3) is 0.276. The van der Waals surface area contributed by atoms with E-state index in [0.717, 1.165) is 59.3 Å². The molecule has 3 aromatic carbocycles. The molecule has 7 nitrogen and oxygen atoms in total. The number of anilines is 2. The number of rotatable bonds is 8. The molecule has 2 heterocycles. The summed E-state index contributed by atoms with van der Waals surface area (Å²) in [5, 5.41) is 8.92. The van der Waals surface area contributed by atoms with Gasteiger partial charge in [0.2, 0.25) is 5.75 Å². The lowest BCUT2D eigenvalue weighted by atomic mass is 9.97. The molecule has 1 aliphatic rings. The molecule has 0 amide bonds. The lowest BCUT2D eigenvalue weighted by Crippen LogP contribution is -2.34. The van der Waals surface area contributed by atoms with Crippen LogP contribution in [0.5, 0.6) is 23.0 Å². The summed E-state index contributed by atoms with van der Waals surface area (Å²) in [7, 11) is 4.80. The van der Waals surface area contributed by atoms with Crippen LogP contribution in [0.1, 0.15) is 12.8 Å². The van der Waals surface area contributed by atoms with Crippen molar-refractivity contribution in [3.63, 3.8) is 0 Å². The number of pyridine rings is 1. The number of nitrogens with one attached hydrogen (secondary N) is 2. The Balaban J connectivity index is 0.00000320. The van der Waals surface area contributed by atoms with E-state index in [0.29, 0.717) is 23.1 Å². The van der Waals surface area contributed by atoms with Gasteiger partial charge in [0.05, 0.1) is 21.3 Å². The molecule has 0 radical (unpaired) electrons. The quantitative estimate of drug-likeness (QED) is 0.285. The summed E-state index contributed by atoms with van der Waals surface area (Å²) in [5.74, 6) is 3.28. The molecule has 1 aliphatic heterocycles. The molecule has 0 saturated carbocycles. The van der Waals surface area contributed by atoms with Gasteiger partial charge in [-0.1, -0.05) is 30.3 Å². The van der Waals surface area contributed by atoms with Crippen LogP contribution in [0.25, 0.3) is 21.9 Å². The first-order valence-corrected chi connectivity index (χ1v) is 12.1. The second-order valence-electron chi connectivity index (χ2n) is 8.70. The molecule has 37 heavy (non-hydrogen) atoms. The van der Waals surface area contributed by atoms with Crippen molar-refractivity contribution in [3.8, 4) is 34.1 Å². The van der Waals surface area contributed by atoms with Gasteiger partial charge in [-0.15, -0.1) is 12.4 Å². The molecule has 0 unspecified atom stereocenters. The van der Waals surface area contributed by atoms with Crippen molar-refractivity contribution in [1.29, 1.82) is 0 Å². The average molecular weight is 522 g/mol. The van der Waals surface area contributed by atoms with Crippen LogP contribution in [0.15, 0.2) is 66.9 Å². The summed E-state index contributed by atoms with van der Waals surface area (Å²) in [6.07, 6.45) is 4.08. The van der Waals surface area contributed by atoms with Gasteiger partial charge in [0.25, 0.3) is 0 Å². The van der Waals surface area contributed by atoms with Crippen molar-refractivity contribution < 1.29 is 18.9 Å². The first-order valence-electron chi connectivity index (χ1n) is 12.1. The Morgan fingerprint density at radius 3 is 2.19 bits per heavy atom. The summed E-state index contributed by atoms with van der Waals surface area (Å²) >= 11 is 0. The van der Waals surface area contributed by atoms with Crippen molar-refractivity contribution in [2.24, 2.45) is 0 Å². The zero-order valence-electron chi connectivity index (χ0n) is 21.2. The summed E-state index contributed by atoms with van der Waals surface area (Å²) in [6, 6.07) is 20.3. The Labute approximate surface area is 223 Å². The molecular weight excluding hydrogens is 490 g/mol. The van der Waals surface area contributed by atoms with Crippen LogP contribution in [0, 0.1) is 0 Å². The third kappa shape index (κ3) is 5.68. The van der Waals surface area contributed by atoms with E-state index in [1.807, 2.05) is 24.4 Å². The molecular formula is C29H32ClN3O4. The third-order valence-corrected chi connectivity index (χ3v) is 6.44. The van der Waals surface area contributed by atoms with E-state index in [4.69, 9.17) is 18.9 Å². The molecule has 0 bridgehead atoms. The second-order valence-corrected chi connectivity index (χ2v) is 8.70. The lowest BCUT2D eigenvalue weighted by molar-refractivity contribution is 0.163. The van der Waals surface area contributed by atoms with Gasteiger partial charge in [-0.2, -0.15) is 0 Å². The summed E-state index contributed by atoms with van der Waals surface area (Å²) in [5.41, 5.74) is 2.96. The molecule has 0 atom stereocenters. The minimum absolute atomic E-state index is 0. The van der Waals surface area contributed by atoms with E-state index in [2.05, 4.69) is 58.1 Å². The fourth-order valence-corrected chi connectivity index (χ4v) is 4.66. The van der Waals surface area contributed by atoms with Crippen molar-refractivity contribution >= 4 is 34.7 Å². The fourth-order valence-electron chi connectivity index (χ4n) is 4.66. The van der Waals surface area contributed by atoms with Crippen LogP contribution in [-0.4, -0.2) is 45.5 Å². The Morgan fingerprint density at radius 1 is 0.838 bits per heavy atom. The topological polar surface area (TPSA) is 73.9 Å². The van der Waals surface area contributed by atoms with Crippen LogP contribution in [0.3, 0.4) is 0 Å². The van der Waals surface area contributed by atoms with E-state index in [1.54, 1.807) is 21.3 Å². The van der Waals surface area contributed by atoms with Crippen LogP contribution < -0.4 is 29.6 Å². The first-order chi connectivity index (χ1) is 17.7. The standard InChI is InChI=1S/C29H31N3O4.ClH/c1-33-25-15-21(16-26(34-2)29(25)35-3)32-27-17-23-20(18-31-27)9-10-24(36-22-11-13-30-14-12-22)28(23)19-7-5-4-6-8-19;/h4-10,15-18,22,30H,11-14H2,1-3H3,(H,31,32);1H. The number of hydrogen-bond acceptors (Lipinski definition) is 7. The maximum absolute atomic E-state index is 6.57. The number of piperidine rings is 1. The number of nitrogens with zero attached hydrogens (tertiary/aromatic N) is 1. The average Bonchev–Trinajstić information content (AvgIpc) is 2.93. The zero-order chi connectivity index (χ0) is 24.9. The van der Waals surface area contributed by atoms with E-state index < -0.39 is 0 Å². The van der Waals surface area contributed by atoms with Gasteiger partial charge in [-0.05, 0) is 55.1 Å². The van der Waals surface area contributed by atoms with Gasteiger partial charge in [-0.3, -0.25) is 0 Å². The Kier molecular flexibility index (Phi) is 8.58. The molecule has 2 N–H and O–H groups in total. The van der Waals surface area contributed by atoms with Crippen LogP contribution in [-0.2, 0) is 0 Å². The maximum atomic E-state index is 6.57. The minimum atomic E-state index is 0. The van der Waals surface area contributed by atoms with Crippen molar-refractivity contribution in [3.05, 3.63) is 66.9 Å². The highest BCUT2D eigenvalue weighted by Gasteiger charge is 2.19. The van der Waals surface area contributed by atoms with Crippen molar-refractivity contribution in [2.45, 2.75) is 18.9 Å². The predicted octanol–water partition coefficient (Wildman–Crippen LogP) is 6.22. The van der Waals surface area contributed by atoms with Crippen molar-refractivity contribution in [2.75, 3.05) is 39.7 Å². The number of aromatic nitrogens is 1. The molecule has 194 valence electrons. The molecule has 0 aliphatic carbocycles. The number of fused-ring (bicyclic) bond motifs is 1. The van der Waals surface area contributed by atoms with E-state index in [9.17, 15) is 0 Å². The number of benzene rings is 3.